The second kappa shape index (κ2) is 7.07. The Hall–Kier alpha value is -1.66. The summed E-state index contributed by atoms with van der Waals surface area (Å²) in [5.41, 5.74) is 3.36. The first-order valence-electron chi connectivity index (χ1n) is 7.84. The van der Waals surface area contributed by atoms with Crippen LogP contribution in [-0.4, -0.2) is 14.8 Å². The lowest BCUT2D eigenvalue weighted by atomic mass is 10.1. The minimum absolute atomic E-state index is 0.205. The number of thioether (sulfide) groups is 1. The molecule has 0 bridgehead atoms. The molecule has 6 heteroatoms. The van der Waals surface area contributed by atoms with E-state index in [9.17, 15) is 4.39 Å². The molecular formula is C18H20FN3S2. The summed E-state index contributed by atoms with van der Waals surface area (Å²) >= 11 is 3.33. The van der Waals surface area contributed by atoms with Crippen molar-refractivity contribution in [1.82, 2.24) is 14.8 Å². The Bertz CT molecular complexity index is 852. The van der Waals surface area contributed by atoms with Gasteiger partial charge in [-0.1, -0.05) is 23.9 Å². The molecule has 1 aromatic carbocycles. The van der Waals surface area contributed by atoms with Gasteiger partial charge < -0.3 is 0 Å². The molecule has 0 aliphatic carbocycles. The highest BCUT2D eigenvalue weighted by Gasteiger charge is 2.19. The highest BCUT2D eigenvalue weighted by molar-refractivity contribution is 7.98. The molecule has 0 N–H and O–H groups in total. The van der Waals surface area contributed by atoms with Crippen molar-refractivity contribution in [2.75, 3.05) is 0 Å². The number of hydrogen-bond acceptors (Lipinski definition) is 4. The van der Waals surface area contributed by atoms with E-state index in [-0.39, 0.29) is 11.9 Å². The maximum absolute atomic E-state index is 13.3. The zero-order valence-corrected chi connectivity index (χ0v) is 15.8. The molecule has 0 aliphatic rings. The second-order valence-corrected chi connectivity index (χ2v) is 8.05. The number of aromatic nitrogens is 3. The number of thiophene rings is 1. The van der Waals surface area contributed by atoms with Crippen LogP contribution in [0.15, 0.2) is 34.8 Å². The van der Waals surface area contributed by atoms with Crippen LogP contribution < -0.4 is 0 Å². The molecule has 0 saturated heterocycles. The van der Waals surface area contributed by atoms with E-state index < -0.39 is 0 Å². The molecule has 0 saturated carbocycles. The Balaban J connectivity index is 1.90. The van der Waals surface area contributed by atoms with E-state index in [1.807, 2.05) is 6.07 Å². The largest absolute Gasteiger partial charge is 0.299 e. The quantitative estimate of drug-likeness (QED) is 0.551. The summed E-state index contributed by atoms with van der Waals surface area (Å²) in [6.07, 6.45) is 0. The predicted octanol–water partition coefficient (Wildman–Crippen LogP) is 5.64. The van der Waals surface area contributed by atoms with E-state index in [4.69, 9.17) is 0 Å². The summed E-state index contributed by atoms with van der Waals surface area (Å²) in [6.45, 7) is 8.51. The molecule has 2 heterocycles. The van der Waals surface area contributed by atoms with Gasteiger partial charge in [0, 0.05) is 27.6 Å². The normalized spacial score (nSPS) is 11.4. The molecule has 0 amide bonds. The van der Waals surface area contributed by atoms with Crippen molar-refractivity contribution in [2.24, 2.45) is 0 Å². The van der Waals surface area contributed by atoms with Crippen LogP contribution in [0.2, 0.25) is 0 Å². The summed E-state index contributed by atoms with van der Waals surface area (Å²) in [4.78, 5) is 1.30. The van der Waals surface area contributed by atoms with Gasteiger partial charge in [0.25, 0.3) is 0 Å². The van der Waals surface area contributed by atoms with E-state index >= 15 is 0 Å². The maximum Gasteiger partial charge on any atom is 0.192 e. The summed E-state index contributed by atoms with van der Waals surface area (Å²) in [5, 5.41) is 11.8. The highest BCUT2D eigenvalue weighted by atomic mass is 32.2. The minimum Gasteiger partial charge on any atom is -0.299 e. The molecule has 0 atom stereocenters. The third-order valence-electron chi connectivity index (χ3n) is 3.96. The first-order chi connectivity index (χ1) is 11.5. The van der Waals surface area contributed by atoms with E-state index in [0.717, 1.165) is 22.1 Å². The van der Waals surface area contributed by atoms with Gasteiger partial charge in [-0.15, -0.1) is 21.5 Å². The highest BCUT2D eigenvalue weighted by Crippen LogP contribution is 2.34. The maximum atomic E-state index is 13.3. The van der Waals surface area contributed by atoms with Crippen molar-refractivity contribution in [2.45, 2.75) is 44.6 Å². The number of nitrogens with zero attached hydrogens (tertiary/aromatic N) is 3. The summed E-state index contributed by atoms with van der Waals surface area (Å²) in [5.74, 6) is 1.38. The molecule has 0 radical (unpaired) electrons. The molecule has 0 aliphatic heterocycles. The molecule has 0 fully saturated rings. The first kappa shape index (κ1) is 17.2. The SMILES string of the molecule is Cc1scc(-c2nnc(SCc3cccc(F)c3)n2C(C)C)c1C. The Morgan fingerprint density at radius 2 is 2.04 bits per heavy atom. The zero-order chi connectivity index (χ0) is 17.3. The molecule has 0 spiro atoms. The van der Waals surface area contributed by atoms with Crippen molar-refractivity contribution in [3.8, 4) is 11.4 Å². The molecule has 3 nitrogen and oxygen atoms in total. The molecule has 0 unspecified atom stereocenters. The fourth-order valence-corrected chi connectivity index (χ4v) is 4.41. The van der Waals surface area contributed by atoms with E-state index in [0.29, 0.717) is 5.75 Å². The molecule has 3 rings (SSSR count). The minimum atomic E-state index is -0.205. The van der Waals surface area contributed by atoms with E-state index in [2.05, 4.69) is 47.8 Å². The van der Waals surface area contributed by atoms with Crippen LogP contribution in [0.5, 0.6) is 0 Å². The molecule has 3 aromatic rings. The number of rotatable bonds is 5. The third-order valence-corrected chi connectivity index (χ3v) is 5.99. The van der Waals surface area contributed by atoms with Crippen molar-refractivity contribution >= 4 is 23.1 Å². The third kappa shape index (κ3) is 3.39. The smallest absolute Gasteiger partial charge is 0.192 e. The molecular weight excluding hydrogens is 341 g/mol. The van der Waals surface area contributed by atoms with Crippen molar-refractivity contribution in [3.05, 3.63) is 51.5 Å². The van der Waals surface area contributed by atoms with E-state index in [1.54, 1.807) is 35.2 Å². The zero-order valence-electron chi connectivity index (χ0n) is 14.2. The van der Waals surface area contributed by atoms with Crippen LogP contribution in [0.3, 0.4) is 0 Å². The van der Waals surface area contributed by atoms with Crippen molar-refractivity contribution in [3.63, 3.8) is 0 Å². The summed E-state index contributed by atoms with van der Waals surface area (Å²) < 4.78 is 15.5. The first-order valence-corrected chi connectivity index (χ1v) is 9.71. The van der Waals surface area contributed by atoms with Gasteiger partial charge in [0.1, 0.15) is 5.82 Å². The van der Waals surface area contributed by atoms with Crippen LogP contribution in [0.4, 0.5) is 4.39 Å². The fourth-order valence-electron chi connectivity index (χ4n) is 2.53. The van der Waals surface area contributed by atoms with Crippen LogP contribution in [0, 0.1) is 19.7 Å². The number of halogens is 1. The Morgan fingerprint density at radius 3 is 2.67 bits per heavy atom. The predicted molar refractivity (Wildman–Crippen MR) is 99.2 cm³/mol. The van der Waals surface area contributed by atoms with Crippen molar-refractivity contribution in [1.29, 1.82) is 0 Å². The van der Waals surface area contributed by atoms with Gasteiger partial charge in [0.2, 0.25) is 0 Å². The second-order valence-electron chi connectivity index (χ2n) is 6.02. The lowest BCUT2D eigenvalue weighted by molar-refractivity contribution is 0.555. The van der Waals surface area contributed by atoms with Crippen LogP contribution in [0.25, 0.3) is 11.4 Å². The van der Waals surface area contributed by atoms with Gasteiger partial charge >= 0.3 is 0 Å². The standard InChI is InChI=1S/C18H20FN3S2/c1-11(2)22-17(16-10-23-13(4)12(16)3)20-21-18(22)24-9-14-6-5-7-15(19)8-14/h5-8,10-11H,9H2,1-4H3. The van der Waals surface area contributed by atoms with Crippen LogP contribution in [0.1, 0.15) is 35.9 Å². The summed E-state index contributed by atoms with van der Waals surface area (Å²) in [7, 11) is 0. The van der Waals surface area contributed by atoms with Gasteiger partial charge in [-0.25, -0.2) is 4.39 Å². The van der Waals surface area contributed by atoms with Gasteiger partial charge in [-0.2, -0.15) is 0 Å². The van der Waals surface area contributed by atoms with Gasteiger partial charge in [0.15, 0.2) is 11.0 Å². The number of hydrogen-bond donors (Lipinski definition) is 0. The van der Waals surface area contributed by atoms with Gasteiger partial charge in [-0.3, -0.25) is 4.57 Å². The average Bonchev–Trinajstić information content (AvgIpc) is 3.10. The fraction of sp³-hybridized carbons (Fsp3) is 0.333. The number of benzene rings is 1. The Kier molecular flexibility index (Phi) is 5.06. The Labute approximate surface area is 149 Å². The van der Waals surface area contributed by atoms with Crippen molar-refractivity contribution < 1.29 is 4.39 Å². The van der Waals surface area contributed by atoms with Gasteiger partial charge in [-0.05, 0) is 51.0 Å². The lowest BCUT2D eigenvalue weighted by Gasteiger charge is -2.13. The average molecular weight is 362 g/mol. The monoisotopic (exact) mass is 361 g/mol. The van der Waals surface area contributed by atoms with E-state index in [1.165, 1.54) is 16.5 Å². The Morgan fingerprint density at radius 1 is 1.25 bits per heavy atom. The summed E-state index contributed by atoms with van der Waals surface area (Å²) in [6, 6.07) is 6.95. The number of aryl methyl sites for hydroxylation is 1. The molecule has 126 valence electrons. The topological polar surface area (TPSA) is 30.7 Å². The van der Waals surface area contributed by atoms with Crippen LogP contribution in [-0.2, 0) is 5.75 Å². The van der Waals surface area contributed by atoms with Crippen LogP contribution >= 0.6 is 23.1 Å². The van der Waals surface area contributed by atoms with Gasteiger partial charge in [0.05, 0.1) is 0 Å². The molecule has 2 aromatic heterocycles. The lowest BCUT2D eigenvalue weighted by Crippen LogP contribution is -2.05. The molecule has 24 heavy (non-hydrogen) atoms.